The molecule has 2 N–H and O–H groups in total. The van der Waals surface area contributed by atoms with Crippen molar-refractivity contribution in [1.29, 1.82) is 0 Å². The van der Waals surface area contributed by atoms with Crippen LogP contribution in [0.2, 0.25) is 0 Å². The van der Waals surface area contributed by atoms with Gasteiger partial charge in [-0.25, -0.2) is 8.78 Å². The first-order valence-electron chi connectivity index (χ1n) is 15.5. The Morgan fingerprint density at radius 2 is 1.85 bits per heavy atom. The third-order valence-electron chi connectivity index (χ3n) is 9.44. The van der Waals surface area contributed by atoms with Crippen LogP contribution in [0.5, 0.6) is 11.5 Å². The Labute approximate surface area is 244 Å². The number of β-amino-alcohol motifs (C(OH)–C–C–N with tert-alkyl or cyclic N) is 1. The minimum absolute atomic E-state index is 0.0284. The Morgan fingerprint density at radius 1 is 1.10 bits per heavy atom. The number of aliphatic hydroxyl groups is 1. The number of ether oxygens (including phenoxy) is 2. The first-order chi connectivity index (χ1) is 19.5. The number of rotatable bonds is 6. The number of alkyl halides is 2. The number of phenolic OH excluding ortho intramolecular Hbond substituents is 1. The molecule has 3 atom stereocenters. The van der Waals surface area contributed by atoms with Crippen LogP contribution in [-0.4, -0.2) is 83.9 Å². The van der Waals surface area contributed by atoms with Crippen molar-refractivity contribution in [3.63, 3.8) is 0 Å². The topological polar surface area (TPSA) is 82.5 Å². The van der Waals surface area contributed by atoms with Crippen LogP contribution in [0.4, 0.5) is 8.78 Å². The molecule has 2 saturated heterocycles. The van der Waals surface area contributed by atoms with Crippen molar-refractivity contribution in [2.24, 2.45) is 23.2 Å². The van der Waals surface area contributed by atoms with Crippen LogP contribution in [0, 0.1) is 23.2 Å². The summed E-state index contributed by atoms with van der Waals surface area (Å²) in [7, 11) is 0. The monoisotopic (exact) mass is 580 g/mol. The van der Waals surface area contributed by atoms with E-state index in [1.54, 1.807) is 11.0 Å². The highest BCUT2D eigenvalue weighted by atomic mass is 19.3. The zero-order chi connectivity index (χ0) is 29.6. The van der Waals surface area contributed by atoms with Crippen molar-refractivity contribution in [2.75, 3.05) is 46.0 Å². The fraction of sp³-hybridized carbons (Fsp3) is 0.781. The van der Waals surface area contributed by atoms with Gasteiger partial charge in [0.1, 0.15) is 0 Å². The summed E-state index contributed by atoms with van der Waals surface area (Å²) in [6.45, 7) is 10.4. The zero-order valence-electron chi connectivity index (χ0n) is 25.1. The van der Waals surface area contributed by atoms with Crippen LogP contribution in [0.25, 0.3) is 0 Å². The van der Waals surface area contributed by atoms with E-state index in [4.69, 9.17) is 9.47 Å². The number of amides is 1. The van der Waals surface area contributed by atoms with Gasteiger partial charge in [-0.2, -0.15) is 0 Å². The molecule has 0 aromatic heterocycles. The average Bonchev–Trinajstić information content (AvgIpc) is 2.92. The SMILES string of the molecule is CCOc1cc(CN2CC[C@H]3CC(=O)N(CC4CCC(F)(F)CC4)C[C@H](O)C(C)(C)COCCC[C@H]3C2)ccc1O. The fourth-order valence-corrected chi connectivity index (χ4v) is 6.64. The van der Waals surface area contributed by atoms with Crippen molar-refractivity contribution in [2.45, 2.75) is 90.7 Å². The minimum atomic E-state index is -2.61. The summed E-state index contributed by atoms with van der Waals surface area (Å²) >= 11 is 0. The molecule has 1 saturated carbocycles. The maximum atomic E-state index is 13.8. The largest absolute Gasteiger partial charge is 0.504 e. The minimum Gasteiger partial charge on any atom is -0.504 e. The molecular formula is C32H50F2N2O5. The van der Waals surface area contributed by atoms with E-state index in [0.717, 1.165) is 44.5 Å². The normalized spacial score (nSPS) is 28.7. The molecule has 41 heavy (non-hydrogen) atoms. The molecule has 0 spiro atoms. The van der Waals surface area contributed by atoms with E-state index < -0.39 is 17.4 Å². The smallest absolute Gasteiger partial charge is 0.248 e. The Bertz CT molecular complexity index is 996. The molecule has 7 nitrogen and oxygen atoms in total. The summed E-state index contributed by atoms with van der Waals surface area (Å²) in [5.74, 6) is -1.36. The van der Waals surface area contributed by atoms with Gasteiger partial charge in [-0.1, -0.05) is 19.9 Å². The summed E-state index contributed by atoms with van der Waals surface area (Å²) < 4.78 is 39.2. The van der Waals surface area contributed by atoms with E-state index in [1.165, 1.54) is 0 Å². The molecule has 3 aliphatic rings. The summed E-state index contributed by atoms with van der Waals surface area (Å²) in [6, 6.07) is 5.51. The number of hydrogen-bond donors (Lipinski definition) is 2. The number of aliphatic hydroxyl groups excluding tert-OH is 1. The quantitative estimate of drug-likeness (QED) is 0.465. The molecule has 0 bridgehead atoms. The first-order valence-corrected chi connectivity index (χ1v) is 15.5. The molecule has 0 radical (unpaired) electrons. The van der Waals surface area contributed by atoms with E-state index >= 15 is 0 Å². The Morgan fingerprint density at radius 3 is 2.59 bits per heavy atom. The predicted molar refractivity (Wildman–Crippen MR) is 154 cm³/mol. The van der Waals surface area contributed by atoms with Gasteiger partial charge < -0.3 is 24.6 Å². The Hall–Kier alpha value is -1.97. The van der Waals surface area contributed by atoms with Gasteiger partial charge >= 0.3 is 0 Å². The molecule has 1 aliphatic carbocycles. The number of likely N-dealkylation sites (tertiary alicyclic amines) is 1. The lowest BCUT2D eigenvalue weighted by Crippen LogP contribution is -2.48. The number of piperidine rings is 1. The van der Waals surface area contributed by atoms with E-state index in [-0.39, 0.29) is 42.9 Å². The summed E-state index contributed by atoms with van der Waals surface area (Å²) in [5, 5.41) is 21.2. The number of aromatic hydroxyl groups is 1. The van der Waals surface area contributed by atoms with Gasteiger partial charge in [-0.15, -0.1) is 0 Å². The fourth-order valence-electron chi connectivity index (χ4n) is 6.64. The molecule has 3 fully saturated rings. The average molecular weight is 581 g/mol. The third kappa shape index (κ3) is 9.01. The van der Waals surface area contributed by atoms with Gasteiger partial charge in [0.15, 0.2) is 11.5 Å². The summed E-state index contributed by atoms with van der Waals surface area (Å²) in [4.78, 5) is 18.0. The van der Waals surface area contributed by atoms with Gasteiger partial charge in [0.05, 0.1) is 19.3 Å². The van der Waals surface area contributed by atoms with Crippen LogP contribution in [0.1, 0.15) is 77.7 Å². The standard InChI is InChI=1S/C32H50F2N2O5/c1-4-41-28-16-24(7-8-27(28)37)18-35-14-11-25-17-30(39)36(19-23-9-12-32(33,34)13-10-23)21-29(38)31(2,3)22-40-15-5-6-26(25)20-35/h7-8,16,23,25-26,29,37-38H,4-6,9-15,17-22H2,1-3H3/t25-,26-,29-/m0/s1. The maximum Gasteiger partial charge on any atom is 0.248 e. The predicted octanol–water partition coefficient (Wildman–Crippen LogP) is 5.47. The first kappa shape index (κ1) is 32.0. The molecular weight excluding hydrogens is 530 g/mol. The van der Waals surface area contributed by atoms with Gasteiger partial charge in [0, 0.05) is 57.5 Å². The molecule has 2 heterocycles. The molecule has 1 aromatic carbocycles. The van der Waals surface area contributed by atoms with Crippen LogP contribution in [-0.2, 0) is 16.1 Å². The van der Waals surface area contributed by atoms with Crippen molar-refractivity contribution in [3.8, 4) is 11.5 Å². The van der Waals surface area contributed by atoms with Crippen LogP contribution >= 0.6 is 0 Å². The molecule has 232 valence electrons. The van der Waals surface area contributed by atoms with Crippen molar-refractivity contribution in [1.82, 2.24) is 9.80 Å². The van der Waals surface area contributed by atoms with E-state index in [0.29, 0.717) is 57.3 Å². The molecule has 2 aliphatic heterocycles. The molecule has 0 unspecified atom stereocenters. The summed E-state index contributed by atoms with van der Waals surface area (Å²) in [5.41, 5.74) is 0.550. The molecule has 1 aromatic rings. The number of carbonyl (C=O) groups excluding carboxylic acids is 1. The van der Waals surface area contributed by atoms with Gasteiger partial charge in [-0.05, 0) is 81.0 Å². The number of benzene rings is 1. The van der Waals surface area contributed by atoms with Crippen LogP contribution < -0.4 is 4.74 Å². The number of hydrogen-bond acceptors (Lipinski definition) is 6. The van der Waals surface area contributed by atoms with E-state index in [1.807, 2.05) is 32.9 Å². The van der Waals surface area contributed by atoms with Gasteiger partial charge in [0.2, 0.25) is 11.8 Å². The van der Waals surface area contributed by atoms with E-state index in [2.05, 4.69) is 4.90 Å². The van der Waals surface area contributed by atoms with Crippen LogP contribution in [0.3, 0.4) is 0 Å². The second-order valence-electron chi connectivity index (χ2n) is 13.3. The number of halogens is 2. The highest BCUT2D eigenvalue weighted by Gasteiger charge is 2.39. The Kier molecular flexibility index (Phi) is 10.9. The Balaban J connectivity index is 1.46. The van der Waals surface area contributed by atoms with Crippen molar-refractivity contribution in [3.05, 3.63) is 23.8 Å². The second kappa shape index (κ2) is 14.0. The number of nitrogens with zero attached hydrogens (tertiary/aromatic N) is 2. The molecule has 1 amide bonds. The lowest BCUT2D eigenvalue weighted by atomic mass is 9.79. The van der Waals surface area contributed by atoms with E-state index in [9.17, 15) is 23.8 Å². The van der Waals surface area contributed by atoms with Crippen molar-refractivity contribution < 1.29 is 33.3 Å². The van der Waals surface area contributed by atoms with Gasteiger partial charge in [-0.3, -0.25) is 9.69 Å². The second-order valence-corrected chi connectivity index (χ2v) is 13.3. The van der Waals surface area contributed by atoms with Gasteiger partial charge in [0.25, 0.3) is 0 Å². The van der Waals surface area contributed by atoms with Crippen LogP contribution in [0.15, 0.2) is 18.2 Å². The number of phenols is 1. The van der Waals surface area contributed by atoms with Crippen molar-refractivity contribution >= 4 is 5.91 Å². The summed E-state index contributed by atoms with van der Waals surface area (Å²) in [6.07, 6.45) is 2.95. The third-order valence-corrected chi connectivity index (χ3v) is 9.44. The molecule has 9 heteroatoms. The zero-order valence-corrected chi connectivity index (χ0v) is 25.1. The lowest BCUT2D eigenvalue weighted by Gasteiger charge is -2.40. The number of fused-ring (bicyclic) bond motifs is 1. The highest BCUT2D eigenvalue weighted by molar-refractivity contribution is 5.76. The molecule has 4 rings (SSSR count). The lowest BCUT2D eigenvalue weighted by molar-refractivity contribution is -0.138. The number of carbonyl (C=O) groups is 1. The maximum absolute atomic E-state index is 13.8. The highest BCUT2D eigenvalue weighted by Crippen LogP contribution is 2.38.